The van der Waals surface area contributed by atoms with Crippen molar-refractivity contribution in [3.63, 3.8) is 0 Å². The summed E-state index contributed by atoms with van der Waals surface area (Å²) in [6, 6.07) is 6.82. The number of nitrogens with one attached hydrogen (secondary N) is 1. The first-order chi connectivity index (χ1) is 11.5. The van der Waals surface area contributed by atoms with E-state index in [0.29, 0.717) is 4.90 Å². The lowest BCUT2D eigenvalue weighted by Crippen LogP contribution is -2.43. The van der Waals surface area contributed by atoms with Gasteiger partial charge < -0.3 is 0 Å². The van der Waals surface area contributed by atoms with Gasteiger partial charge >= 0.3 is 0 Å². The van der Waals surface area contributed by atoms with Crippen LogP contribution >= 0.6 is 11.8 Å². The number of rotatable bonds is 6. The van der Waals surface area contributed by atoms with Crippen LogP contribution in [-0.2, 0) is 10.0 Å². The highest BCUT2D eigenvalue weighted by Crippen LogP contribution is 2.41. The number of hydrogen-bond acceptors (Lipinski definition) is 3. The van der Waals surface area contributed by atoms with Gasteiger partial charge in [-0.25, -0.2) is 13.1 Å². The van der Waals surface area contributed by atoms with Crippen LogP contribution in [0, 0.1) is 18.8 Å². The third-order valence-electron chi connectivity index (χ3n) is 4.06. The summed E-state index contributed by atoms with van der Waals surface area (Å²) < 4.78 is 28.7. The van der Waals surface area contributed by atoms with Crippen LogP contribution in [0.5, 0.6) is 0 Å². The molecule has 0 bridgehead atoms. The van der Waals surface area contributed by atoms with Crippen LogP contribution < -0.4 is 4.72 Å². The summed E-state index contributed by atoms with van der Waals surface area (Å²) in [5.74, 6) is 0.251. The average Bonchev–Trinajstić information content (AvgIpc) is 2.90. The largest absolute Gasteiger partial charge is 0.240 e. The van der Waals surface area contributed by atoms with Gasteiger partial charge in [-0.15, -0.1) is 11.8 Å². The van der Waals surface area contributed by atoms with Gasteiger partial charge in [-0.3, -0.25) is 0 Å². The van der Waals surface area contributed by atoms with Crippen molar-refractivity contribution < 1.29 is 8.42 Å². The number of sulfonamides is 1. The summed E-state index contributed by atoms with van der Waals surface area (Å²) in [5, 5.41) is 0. The average molecular weight is 380 g/mol. The summed E-state index contributed by atoms with van der Waals surface area (Å²) >= 11 is 1.81. The molecular formula is C20H29NO2S2. The second kappa shape index (κ2) is 7.68. The van der Waals surface area contributed by atoms with Crippen molar-refractivity contribution in [3.05, 3.63) is 53.0 Å². The first-order valence-corrected chi connectivity index (χ1v) is 11.0. The number of hydrogen-bond donors (Lipinski definition) is 1. The number of thioether (sulfide) groups is 1. The molecule has 1 aromatic carbocycles. The molecular weight excluding hydrogens is 350 g/mol. The van der Waals surface area contributed by atoms with E-state index >= 15 is 0 Å². The minimum Gasteiger partial charge on any atom is -0.207 e. The fraction of sp³-hybridized carbons (Fsp3) is 0.500. The second-order valence-electron chi connectivity index (χ2n) is 7.90. The van der Waals surface area contributed by atoms with Crippen molar-refractivity contribution in [1.29, 1.82) is 0 Å². The van der Waals surface area contributed by atoms with Crippen molar-refractivity contribution in [2.24, 2.45) is 11.8 Å². The fourth-order valence-corrected chi connectivity index (χ4v) is 5.44. The quantitative estimate of drug-likeness (QED) is 0.765. The van der Waals surface area contributed by atoms with Crippen molar-refractivity contribution in [2.45, 2.75) is 57.2 Å². The van der Waals surface area contributed by atoms with E-state index in [0.717, 1.165) is 5.56 Å². The van der Waals surface area contributed by atoms with Crippen LogP contribution in [-0.4, -0.2) is 19.2 Å². The Morgan fingerprint density at radius 1 is 1.12 bits per heavy atom. The Bertz CT molecular complexity index is 754. The zero-order valence-corrected chi connectivity index (χ0v) is 17.5. The van der Waals surface area contributed by atoms with E-state index in [1.165, 1.54) is 4.91 Å². The van der Waals surface area contributed by atoms with Crippen LogP contribution in [0.3, 0.4) is 0 Å². The lowest BCUT2D eigenvalue weighted by atomic mass is 9.92. The minimum absolute atomic E-state index is 0.0736. The van der Waals surface area contributed by atoms with Gasteiger partial charge in [0.05, 0.1) is 4.90 Å². The Morgan fingerprint density at radius 3 is 2.24 bits per heavy atom. The highest BCUT2D eigenvalue weighted by molar-refractivity contribution is 8.04. The molecule has 2 atom stereocenters. The fourth-order valence-electron chi connectivity index (χ4n) is 2.82. The Morgan fingerprint density at radius 2 is 1.72 bits per heavy atom. The van der Waals surface area contributed by atoms with E-state index in [9.17, 15) is 8.42 Å². The molecule has 0 fully saturated rings. The molecule has 0 spiro atoms. The molecule has 0 heterocycles. The molecule has 5 heteroatoms. The predicted octanol–water partition coefficient (Wildman–Crippen LogP) is 4.90. The summed E-state index contributed by atoms with van der Waals surface area (Å²) in [5.41, 5.74) is 1.05. The monoisotopic (exact) mass is 379 g/mol. The van der Waals surface area contributed by atoms with E-state index in [4.69, 9.17) is 0 Å². The van der Waals surface area contributed by atoms with Gasteiger partial charge in [0.2, 0.25) is 10.0 Å². The molecule has 0 amide bonds. The van der Waals surface area contributed by atoms with Crippen LogP contribution in [0.1, 0.15) is 40.2 Å². The van der Waals surface area contributed by atoms with Crippen molar-refractivity contribution in [3.8, 4) is 0 Å². The third-order valence-corrected chi connectivity index (χ3v) is 6.79. The molecule has 25 heavy (non-hydrogen) atoms. The van der Waals surface area contributed by atoms with Gasteiger partial charge in [0.15, 0.2) is 0 Å². The maximum Gasteiger partial charge on any atom is 0.240 e. The maximum absolute atomic E-state index is 12.8. The molecule has 1 N–H and O–H groups in total. The number of allylic oxidation sites excluding steroid dienone is 2. The predicted molar refractivity (Wildman–Crippen MR) is 108 cm³/mol. The van der Waals surface area contributed by atoms with Gasteiger partial charge in [-0.05, 0) is 29.9 Å². The lowest BCUT2D eigenvalue weighted by Gasteiger charge is -2.31. The second-order valence-corrected chi connectivity index (χ2v) is 11.5. The summed E-state index contributed by atoms with van der Waals surface area (Å²) in [6.45, 7) is 12.6. The summed E-state index contributed by atoms with van der Waals surface area (Å²) in [6.07, 6.45) is 6.25. The molecule has 0 saturated heterocycles. The van der Waals surface area contributed by atoms with Gasteiger partial charge in [-0.1, -0.05) is 70.5 Å². The molecule has 1 aliphatic carbocycles. The first kappa shape index (κ1) is 20.3. The first-order valence-electron chi connectivity index (χ1n) is 8.66. The molecule has 1 aromatic rings. The Hall–Kier alpha value is -1.04. The topological polar surface area (TPSA) is 46.2 Å². The lowest BCUT2D eigenvalue weighted by molar-refractivity contribution is 0.401. The molecule has 0 aliphatic heterocycles. The van der Waals surface area contributed by atoms with Crippen molar-refractivity contribution >= 4 is 21.8 Å². The maximum atomic E-state index is 12.8. The van der Waals surface area contributed by atoms with Crippen LogP contribution in [0.4, 0.5) is 0 Å². The third kappa shape index (κ3) is 5.47. The van der Waals surface area contributed by atoms with E-state index in [1.807, 2.05) is 25.1 Å². The molecule has 0 saturated carbocycles. The van der Waals surface area contributed by atoms with Crippen LogP contribution in [0.2, 0.25) is 0 Å². The molecule has 2 rings (SSSR count). The van der Waals surface area contributed by atoms with Crippen molar-refractivity contribution in [1.82, 2.24) is 4.72 Å². The molecule has 0 radical (unpaired) electrons. The molecule has 1 unspecified atom stereocenters. The SMILES string of the molecule is Cc1ccc(S(=O)(=O)N[C@@H](C(C)C)C2C=CC=C2SC(C)(C)C)cc1. The van der Waals surface area contributed by atoms with Crippen LogP contribution in [0.25, 0.3) is 0 Å². The Kier molecular flexibility index (Phi) is 6.23. The van der Waals surface area contributed by atoms with Gasteiger partial charge in [0.1, 0.15) is 0 Å². The van der Waals surface area contributed by atoms with E-state index in [-0.39, 0.29) is 22.6 Å². The van der Waals surface area contributed by atoms with Gasteiger partial charge in [0, 0.05) is 16.7 Å². The smallest absolute Gasteiger partial charge is 0.207 e. The Labute approximate surface area is 157 Å². The standard InChI is InChI=1S/C20H29NO2S2/c1-14(2)19(17-8-7-9-18(17)24-20(4,5)6)21-25(22,23)16-12-10-15(3)11-13-16/h7-14,17,19,21H,1-6H3/t17?,19-/m0/s1. The van der Waals surface area contributed by atoms with Crippen molar-refractivity contribution in [2.75, 3.05) is 0 Å². The molecule has 0 aromatic heterocycles. The normalized spacial score (nSPS) is 19.3. The zero-order valence-electron chi connectivity index (χ0n) is 15.9. The molecule has 3 nitrogen and oxygen atoms in total. The van der Waals surface area contributed by atoms with Gasteiger partial charge in [-0.2, -0.15) is 0 Å². The minimum atomic E-state index is -3.55. The Balaban J connectivity index is 2.25. The number of aryl methyl sites for hydroxylation is 1. The van der Waals surface area contributed by atoms with Crippen LogP contribution in [0.15, 0.2) is 52.3 Å². The zero-order chi connectivity index (χ0) is 18.8. The van der Waals surface area contributed by atoms with E-state index < -0.39 is 10.0 Å². The summed E-state index contributed by atoms with van der Waals surface area (Å²) in [4.78, 5) is 1.54. The van der Waals surface area contributed by atoms with E-state index in [1.54, 1.807) is 23.9 Å². The summed E-state index contributed by atoms with van der Waals surface area (Å²) in [7, 11) is -3.55. The van der Waals surface area contributed by atoms with Gasteiger partial charge in [0.25, 0.3) is 0 Å². The molecule has 138 valence electrons. The van der Waals surface area contributed by atoms with E-state index in [2.05, 4.69) is 51.5 Å². The highest BCUT2D eigenvalue weighted by atomic mass is 32.2. The molecule has 1 aliphatic rings. The highest BCUT2D eigenvalue weighted by Gasteiger charge is 2.33. The number of benzene rings is 1.